The number of hydrogen-bond acceptors (Lipinski definition) is 4. The maximum absolute atomic E-state index is 12.3. The predicted octanol–water partition coefficient (Wildman–Crippen LogP) is 2.35. The highest BCUT2D eigenvalue weighted by Gasteiger charge is 2.27. The SMILES string of the molecule is CCOC(=O)c1c(NC(=O)CC[NH2+]CC(C)C)sc2c1CCCC2. The Labute approximate surface area is 148 Å². The van der Waals surface area contributed by atoms with Gasteiger partial charge in [0.25, 0.3) is 0 Å². The molecule has 0 fully saturated rings. The second-order valence-corrected chi connectivity index (χ2v) is 7.75. The van der Waals surface area contributed by atoms with E-state index in [0.717, 1.165) is 44.3 Å². The van der Waals surface area contributed by atoms with E-state index < -0.39 is 0 Å². The van der Waals surface area contributed by atoms with Crippen LogP contribution in [-0.4, -0.2) is 31.6 Å². The van der Waals surface area contributed by atoms with E-state index in [1.165, 1.54) is 4.88 Å². The third kappa shape index (κ3) is 5.05. The Kier molecular flexibility index (Phi) is 7.24. The summed E-state index contributed by atoms with van der Waals surface area (Å²) in [5.74, 6) is 0.283. The molecule has 1 aromatic heterocycles. The highest BCUT2D eigenvalue weighted by atomic mass is 32.1. The number of amides is 1. The smallest absolute Gasteiger partial charge is 0.341 e. The van der Waals surface area contributed by atoms with Crippen LogP contribution in [0.1, 0.15) is 60.8 Å². The van der Waals surface area contributed by atoms with Crippen LogP contribution in [0.5, 0.6) is 0 Å². The number of thiophene rings is 1. The predicted molar refractivity (Wildman–Crippen MR) is 96.7 cm³/mol. The highest BCUT2D eigenvalue weighted by Crippen LogP contribution is 2.38. The molecule has 2 rings (SSSR count). The number of nitrogens with two attached hydrogens (primary N) is 1. The number of nitrogens with one attached hydrogen (secondary N) is 1. The van der Waals surface area contributed by atoms with Gasteiger partial charge in [-0.1, -0.05) is 13.8 Å². The normalized spacial score (nSPS) is 13.7. The van der Waals surface area contributed by atoms with Gasteiger partial charge in [0.2, 0.25) is 5.91 Å². The van der Waals surface area contributed by atoms with Gasteiger partial charge in [0.1, 0.15) is 5.00 Å². The third-order valence-corrected chi connectivity index (χ3v) is 5.32. The lowest BCUT2D eigenvalue weighted by Crippen LogP contribution is -2.85. The van der Waals surface area contributed by atoms with Gasteiger partial charge in [-0.05, 0) is 38.2 Å². The van der Waals surface area contributed by atoms with Crippen LogP contribution in [0.15, 0.2) is 0 Å². The zero-order valence-corrected chi connectivity index (χ0v) is 15.8. The van der Waals surface area contributed by atoms with E-state index in [1.807, 2.05) is 0 Å². The Hall–Kier alpha value is -1.40. The summed E-state index contributed by atoms with van der Waals surface area (Å²) < 4.78 is 5.21. The molecule has 0 spiro atoms. The van der Waals surface area contributed by atoms with E-state index in [0.29, 0.717) is 29.5 Å². The maximum atomic E-state index is 12.3. The Morgan fingerprint density at radius 2 is 2.04 bits per heavy atom. The van der Waals surface area contributed by atoms with Crippen molar-refractivity contribution in [1.82, 2.24) is 0 Å². The Bertz CT molecular complexity index is 581. The maximum Gasteiger partial charge on any atom is 0.341 e. The number of quaternary nitrogens is 1. The summed E-state index contributed by atoms with van der Waals surface area (Å²) in [6.45, 7) is 8.27. The molecule has 0 bridgehead atoms. The topological polar surface area (TPSA) is 72.0 Å². The number of rotatable bonds is 8. The molecule has 1 aromatic rings. The lowest BCUT2D eigenvalue weighted by atomic mass is 9.95. The van der Waals surface area contributed by atoms with E-state index in [9.17, 15) is 9.59 Å². The van der Waals surface area contributed by atoms with Crippen molar-refractivity contribution in [3.05, 3.63) is 16.0 Å². The zero-order chi connectivity index (χ0) is 17.5. The lowest BCUT2D eigenvalue weighted by Gasteiger charge is -2.12. The Morgan fingerprint density at radius 3 is 2.75 bits per heavy atom. The molecule has 0 aromatic carbocycles. The monoisotopic (exact) mass is 353 g/mol. The molecule has 0 atom stereocenters. The number of carbonyl (C=O) groups excluding carboxylic acids is 2. The quantitative estimate of drug-likeness (QED) is 0.557. The van der Waals surface area contributed by atoms with Crippen molar-refractivity contribution in [2.75, 3.05) is 25.0 Å². The summed E-state index contributed by atoms with van der Waals surface area (Å²) in [5.41, 5.74) is 1.68. The second kappa shape index (κ2) is 9.18. The van der Waals surface area contributed by atoms with E-state index in [1.54, 1.807) is 18.3 Å². The average Bonchev–Trinajstić information content (AvgIpc) is 2.89. The number of carbonyl (C=O) groups is 2. The molecule has 3 N–H and O–H groups in total. The van der Waals surface area contributed by atoms with Gasteiger partial charge >= 0.3 is 5.97 Å². The number of ether oxygens (including phenoxy) is 1. The van der Waals surface area contributed by atoms with Gasteiger partial charge < -0.3 is 15.4 Å². The first-order chi connectivity index (χ1) is 11.5. The molecule has 1 aliphatic rings. The van der Waals surface area contributed by atoms with Gasteiger partial charge in [0, 0.05) is 10.8 Å². The summed E-state index contributed by atoms with van der Waals surface area (Å²) >= 11 is 1.55. The van der Waals surface area contributed by atoms with E-state index in [2.05, 4.69) is 24.5 Å². The van der Waals surface area contributed by atoms with Crippen molar-refractivity contribution in [3.8, 4) is 0 Å². The highest BCUT2D eigenvalue weighted by molar-refractivity contribution is 7.17. The second-order valence-electron chi connectivity index (χ2n) is 6.64. The van der Waals surface area contributed by atoms with E-state index >= 15 is 0 Å². The van der Waals surface area contributed by atoms with Crippen LogP contribution in [0.2, 0.25) is 0 Å². The number of aryl methyl sites for hydroxylation is 1. The van der Waals surface area contributed by atoms with Gasteiger partial charge in [-0.3, -0.25) is 4.79 Å². The molecule has 0 saturated heterocycles. The fraction of sp³-hybridized carbons (Fsp3) is 0.667. The fourth-order valence-corrected chi connectivity index (χ4v) is 4.24. The fourth-order valence-electron chi connectivity index (χ4n) is 2.95. The molecule has 1 heterocycles. The molecular formula is C18H29N2O3S+. The molecule has 5 nitrogen and oxygen atoms in total. The molecule has 0 unspecified atom stereocenters. The van der Waals surface area contributed by atoms with Crippen molar-refractivity contribution in [1.29, 1.82) is 0 Å². The third-order valence-electron chi connectivity index (χ3n) is 4.12. The standard InChI is InChI=1S/C18H28N2O3S/c1-4-23-18(22)16-13-7-5-6-8-14(13)24-17(16)20-15(21)9-10-19-11-12(2)3/h12,19H,4-11H2,1-3H3,(H,20,21)/p+1. The van der Waals surface area contributed by atoms with Crippen molar-refractivity contribution < 1.29 is 19.6 Å². The first-order valence-corrected chi connectivity index (χ1v) is 9.77. The van der Waals surface area contributed by atoms with Crippen LogP contribution in [0.3, 0.4) is 0 Å². The minimum Gasteiger partial charge on any atom is -0.462 e. The van der Waals surface area contributed by atoms with E-state index in [-0.39, 0.29) is 11.9 Å². The first kappa shape index (κ1) is 18.9. The largest absolute Gasteiger partial charge is 0.462 e. The average molecular weight is 354 g/mol. The Balaban J connectivity index is 2.04. The lowest BCUT2D eigenvalue weighted by molar-refractivity contribution is -0.658. The molecule has 6 heteroatoms. The number of anilines is 1. The molecule has 0 saturated carbocycles. The van der Waals surface area contributed by atoms with Crippen molar-refractivity contribution in [3.63, 3.8) is 0 Å². The minimum atomic E-state index is -0.307. The van der Waals surface area contributed by atoms with Gasteiger partial charge in [-0.2, -0.15) is 0 Å². The number of hydrogen-bond donors (Lipinski definition) is 2. The molecule has 24 heavy (non-hydrogen) atoms. The minimum absolute atomic E-state index is 0.0286. The summed E-state index contributed by atoms with van der Waals surface area (Å²) in [5, 5.41) is 5.79. The van der Waals surface area contributed by atoms with Crippen LogP contribution in [0.4, 0.5) is 5.00 Å². The van der Waals surface area contributed by atoms with Gasteiger partial charge in [-0.25, -0.2) is 4.79 Å². The molecule has 0 radical (unpaired) electrons. The van der Waals surface area contributed by atoms with Gasteiger partial charge in [-0.15, -0.1) is 11.3 Å². The van der Waals surface area contributed by atoms with E-state index in [4.69, 9.17) is 4.74 Å². The van der Waals surface area contributed by atoms with Crippen molar-refractivity contribution in [2.24, 2.45) is 5.92 Å². The van der Waals surface area contributed by atoms with Crippen molar-refractivity contribution in [2.45, 2.75) is 52.9 Å². The van der Waals surface area contributed by atoms with Gasteiger partial charge in [0.15, 0.2) is 0 Å². The molecule has 1 amide bonds. The van der Waals surface area contributed by atoms with Crippen LogP contribution >= 0.6 is 11.3 Å². The summed E-state index contributed by atoms with van der Waals surface area (Å²) in [4.78, 5) is 25.8. The van der Waals surface area contributed by atoms with Crippen molar-refractivity contribution >= 4 is 28.2 Å². The number of esters is 1. The summed E-state index contributed by atoms with van der Waals surface area (Å²) in [6, 6.07) is 0. The molecule has 0 aliphatic heterocycles. The molecule has 134 valence electrons. The Morgan fingerprint density at radius 1 is 1.29 bits per heavy atom. The van der Waals surface area contributed by atoms with Crippen LogP contribution < -0.4 is 10.6 Å². The summed E-state index contributed by atoms with van der Waals surface area (Å²) in [7, 11) is 0. The van der Waals surface area contributed by atoms with Crippen LogP contribution in [-0.2, 0) is 22.4 Å². The zero-order valence-electron chi connectivity index (χ0n) is 14.9. The molecule has 1 aliphatic carbocycles. The van der Waals surface area contributed by atoms with Gasteiger partial charge in [0.05, 0.1) is 31.7 Å². The van der Waals surface area contributed by atoms with Crippen LogP contribution in [0.25, 0.3) is 0 Å². The van der Waals surface area contributed by atoms with Crippen LogP contribution in [0, 0.1) is 5.92 Å². The number of fused-ring (bicyclic) bond motifs is 1. The first-order valence-electron chi connectivity index (χ1n) is 8.96. The molecular weight excluding hydrogens is 324 g/mol. The summed E-state index contributed by atoms with van der Waals surface area (Å²) in [6.07, 6.45) is 4.58.